The van der Waals surface area contributed by atoms with E-state index in [1.165, 1.54) is 16.3 Å². The number of anilines is 3. The molecule has 248 valence electrons. The van der Waals surface area contributed by atoms with Crippen molar-refractivity contribution < 1.29 is 8.83 Å². The van der Waals surface area contributed by atoms with Crippen molar-refractivity contribution in [3.63, 3.8) is 0 Å². The molecule has 3 heteroatoms. The van der Waals surface area contributed by atoms with Gasteiger partial charge >= 0.3 is 0 Å². The summed E-state index contributed by atoms with van der Waals surface area (Å²) in [4.78, 5) is 2.37. The minimum atomic E-state index is 0.860. The van der Waals surface area contributed by atoms with Crippen LogP contribution in [0.15, 0.2) is 197 Å². The lowest BCUT2D eigenvalue weighted by Gasteiger charge is -2.27. The second-order valence-corrected chi connectivity index (χ2v) is 13.7. The highest BCUT2D eigenvalue weighted by molar-refractivity contribution is 6.20. The Morgan fingerprint density at radius 1 is 0.340 bits per heavy atom. The summed E-state index contributed by atoms with van der Waals surface area (Å²) in [5.74, 6) is 0. The fourth-order valence-corrected chi connectivity index (χ4v) is 8.24. The molecule has 3 nitrogen and oxygen atoms in total. The molecule has 11 rings (SSSR count). The zero-order chi connectivity index (χ0) is 34.9. The van der Waals surface area contributed by atoms with Gasteiger partial charge < -0.3 is 13.7 Å². The summed E-state index contributed by atoms with van der Waals surface area (Å²) in [6, 6.07) is 66.8. The number of benzene rings is 9. The van der Waals surface area contributed by atoms with E-state index in [1.807, 2.05) is 12.1 Å². The van der Waals surface area contributed by atoms with Crippen LogP contribution in [0, 0.1) is 0 Å². The average molecular weight is 678 g/mol. The maximum atomic E-state index is 6.68. The molecule has 0 atom stereocenters. The SMILES string of the molecule is c1cc(-c2cccc3ccccc23)cc(N(c2ccc(-c3cccc4oc5ccccc5c34)cc2)c2cccc3oc4c5ccccc5ccc4c23)c1. The highest BCUT2D eigenvalue weighted by Gasteiger charge is 2.21. The van der Waals surface area contributed by atoms with E-state index >= 15 is 0 Å². The van der Waals surface area contributed by atoms with Gasteiger partial charge in [-0.05, 0) is 93.0 Å². The van der Waals surface area contributed by atoms with Crippen molar-refractivity contribution in [1.29, 1.82) is 0 Å². The zero-order valence-electron chi connectivity index (χ0n) is 28.7. The van der Waals surface area contributed by atoms with E-state index in [1.54, 1.807) is 0 Å². The number of rotatable bonds is 5. The van der Waals surface area contributed by atoms with Gasteiger partial charge in [0.25, 0.3) is 0 Å². The lowest BCUT2D eigenvalue weighted by atomic mass is 9.97. The van der Waals surface area contributed by atoms with Crippen molar-refractivity contribution in [3.8, 4) is 22.3 Å². The molecule has 0 saturated heterocycles. The molecular formula is C50H31NO2. The predicted molar refractivity (Wildman–Crippen MR) is 222 cm³/mol. The molecule has 0 saturated carbocycles. The van der Waals surface area contributed by atoms with E-state index in [-0.39, 0.29) is 0 Å². The molecule has 9 aromatic carbocycles. The van der Waals surface area contributed by atoms with Gasteiger partial charge in [-0.1, -0.05) is 133 Å². The molecule has 2 heterocycles. The van der Waals surface area contributed by atoms with Crippen LogP contribution in [0.2, 0.25) is 0 Å². The quantitative estimate of drug-likeness (QED) is 0.182. The summed E-state index contributed by atoms with van der Waals surface area (Å²) in [6.07, 6.45) is 0. The number of fused-ring (bicyclic) bond motifs is 9. The molecule has 0 aliphatic rings. The van der Waals surface area contributed by atoms with Crippen molar-refractivity contribution >= 4 is 82.5 Å². The van der Waals surface area contributed by atoms with E-state index in [0.717, 1.165) is 88.4 Å². The van der Waals surface area contributed by atoms with Gasteiger partial charge in [-0.3, -0.25) is 0 Å². The van der Waals surface area contributed by atoms with E-state index < -0.39 is 0 Å². The van der Waals surface area contributed by atoms with Crippen molar-refractivity contribution in [2.45, 2.75) is 0 Å². The fourth-order valence-electron chi connectivity index (χ4n) is 8.24. The van der Waals surface area contributed by atoms with Gasteiger partial charge in [0.15, 0.2) is 0 Å². The monoisotopic (exact) mass is 677 g/mol. The first-order chi connectivity index (χ1) is 26.3. The molecule has 0 aliphatic heterocycles. The summed E-state index contributed by atoms with van der Waals surface area (Å²) in [6.45, 7) is 0. The Balaban J connectivity index is 1.13. The average Bonchev–Trinajstić information content (AvgIpc) is 3.81. The van der Waals surface area contributed by atoms with Crippen molar-refractivity contribution in [2.24, 2.45) is 0 Å². The Morgan fingerprint density at radius 2 is 0.981 bits per heavy atom. The molecule has 0 unspecified atom stereocenters. The van der Waals surface area contributed by atoms with Gasteiger partial charge in [0.05, 0.1) is 11.1 Å². The highest BCUT2D eigenvalue weighted by Crippen LogP contribution is 2.46. The molecule has 0 spiro atoms. The molecule has 0 aliphatic carbocycles. The van der Waals surface area contributed by atoms with Crippen molar-refractivity contribution in [1.82, 2.24) is 0 Å². The molecule has 0 bridgehead atoms. The van der Waals surface area contributed by atoms with Crippen LogP contribution in [0.3, 0.4) is 0 Å². The third kappa shape index (κ3) is 4.68. The third-order valence-electron chi connectivity index (χ3n) is 10.7. The number of hydrogen-bond donors (Lipinski definition) is 0. The van der Waals surface area contributed by atoms with Crippen LogP contribution in [-0.2, 0) is 0 Å². The summed E-state index contributed by atoms with van der Waals surface area (Å²) in [7, 11) is 0. The lowest BCUT2D eigenvalue weighted by Crippen LogP contribution is -2.10. The van der Waals surface area contributed by atoms with Gasteiger partial charge in [0.1, 0.15) is 22.3 Å². The first kappa shape index (κ1) is 29.6. The van der Waals surface area contributed by atoms with Crippen LogP contribution >= 0.6 is 0 Å². The van der Waals surface area contributed by atoms with Crippen LogP contribution in [0.25, 0.3) is 87.7 Å². The number of para-hydroxylation sites is 1. The molecule has 0 N–H and O–H groups in total. The first-order valence-corrected chi connectivity index (χ1v) is 18.0. The lowest BCUT2D eigenvalue weighted by molar-refractivity contribution is 0.669. The third-order valence-corrected chi connectivity index (χ3v) is 10.7. The Hall–Kier alpha value is -7.10. The van der Waals surface area contributed by atoms with Gasteiger partial charge in [0, 0.05) is 32.9 Å². The molecule has 0 fully saturated rings. The van der Waals surface area contributed by atoms with E-state index in [9.17, 15) is 0 Å². The number of furan rings is 2. The van der Waals surface area contributed by atoms with E-state index in [2.05, 4.69) is 181 Å². The normalized spacial score (nSPS) is 11.8. The molecule has 2 aromatic heterocycles. The molecule has 0 amide bonds. The van der Waals surface area contributed by atoms with Crippen LogP contribution < -0.4 is 4.90 Å². The Labute approximate surface area is 305 Å². The molecule has 0 radical (unpaired) electrons. The summed E-state index contributed by atoms with van der Waals surface area (Å²) in [5.41, 5.74) is 11.4. The smallest absolute Gasteiger partial charge is 0.143 e. The Bertz CT molecular complexity index is 3180. The molecular weight excluding hydrogens is 647 g/mol. The predicted octanol–water partition coefficient (Wildman–Crippen LogP) is 14.6. The minimum absolute atomic E-state index is 0.860. The van der Waals surface area contributed by atoms with Gasteiger partial charge in [-0.15, -0.1) is 0 Å². The summed E-state index contributed by atoms with van der Waals surface area (Å²) in [5, 5.41) is 9.18. The second kappa shape index (κ2) is 11.7. The van der Waals surface area contributed by atoms with Crippen molar-refractivity contribution in [3.05, 3.63) is 188 Å². The molecule has 53 heavy (non-hydrogen) atoms. The van der Waals surface area contributed by atoms with E-state index in [4.69, 9.17) is 8.83 Å². The van der Waals surface area contributed by atoms with Crippen LogP contribution in [-0.4, -0.2) is 0 Å². The summed E-state index contributed by atoms with van der Waals surface area (Å²) < 4.78 is 12.9. The Morgan fingerprint density at radius 3 is 1.85 bits per heavy atom. The second-order valence-electron chi connectivity index (χ2n) is 13.7. The fraction of sp³-hybridized carbons (Fsp3) is 0. The van der Waals surface area contributed by atoms with Crippen LogP contribution in [0.1, 0.15) is 0 Å². The standard InChI is InChI=1S/C50H31NO2/c1-3-16-38-32(11-1)13-8-19-39(38)35-14-7-15-37(31-35)51(44-21-10-24-47-49(44)43-30-27-33-12-2-4-17-41(33)50(43)53-47)36-28-25-34(26-29-36)40-20-9-23-46-48(40)42-18-5-6-22-45(42)52-46/h1-31H. The first-order valence-electron chi connectivity index (χ1n) is 18.0. The van der Waals surface area contributed by atoms with E-state index in [0.29, 0.717) is 0 Å². The van der Waals surface area contributed by atoms with Gasteiger partial charge in [0.2, 0.25) is 0 Å². The van der Waals surface area contributed by atoms with Crippen LogP contribution in [0.5, 0.6) is 0 Å². The topological polar surface area (TPSA) is 29.5 Å². The van der Waals surface area contributed by atoms with Gasteiger partial charge in [-0.2, -0.15) is 0 Å². The number of nitrogens with zero attached hydrogens (tertiary/aromatic N) is 1. The van der Waals surface area contributed by atoms with Crippen LogP contribution in [0.4, 0.5) is 17.1 Å². The largest absolute Gasteiger partial charge is 0.456 e. The molecule has 11 aromatic rings. The summed E-state index contributed by atoms with van der Waals surface area (Å²) >= 11 is 0. The number of hydrogen-bond acceptors (Lipinski definition) is 3. The maximum Gasteiger partial charge on any atom is 0.143 e. The maximum absolute atomic E-state index is 6.68. The van der Waals surface area contributed by atoms with Gasteiger partial charge in [-0.25, -0.2) is 0 Å². The Kier molecular flexibility index (Phi) is 6.55. The zero-order valence-corrected chi connectivity index (χ0v) is 28.7. The van der Waals surface area contributed by atoms with Crippen molar-refractivity contribution in [2.75, 3.05) is 4.90 Å². The highest BCUT2D eigenvalue weighted by atomic mass is 16.3. The minimum Gasteiger partial charge on any atom is -0.456 e.